The van der Waals surface area contributed by atoms with E-state index in [-0.39, 0.29) is 0 Å². The Hall–Kier alpha value is -1.77. The molecule has 3 N–H and O–H groups in total. The molecule has 0 saturated heterocycles. The van der Waals surface area contributed by atoms with E-state index in [0.29, 0.717) is 23.1 Å². The molecule has 20 heavy (non-hydrogen) atoms. The molecule has 7 nitrogen and oxygen atoms in total. The molecule has 0 aliphatic rings. The van der Waals surface area contributed by atoms with Crippen molar-refractivity contribution in [2.45, 2.75) is 6.04 Å². The number of rotatable bonds is 5. The predicted molar refractivity (Wildman–Crippen MR) is 76.2 cm³/mol. The van der Waals surface area contributed by atoms with Crippen LogP contribution in [-0.4, -0.2) is 29.2 Å². The maximum Gasteiger partial charge on any atom is 0.240 e. The first-order valence-electron chi connectivity index (χ1n) is 5.72. The Labute approximate surface area is 124 Å². The van der Waals surface area contributed by atoms with Crippen LogP contribution in [-0.2, 0) is 0 Å². The number of nitrogens with zero attached hydrogens (tertiary/aromatic N) is 3. The lowest BCUT2D eigenvalue weighted by Gasteiger charge is -2.17. The SMILES string of the molecule is COc1cnc(C(NN)c2ccc(Br)cn2)c(OC)n1. The molecule has 0 saturated carbocycles. The van der Waals surface area contributed by atoms with Gasteiger partial charge in [-0.15, -0.1) is 0 Å². The van der Waals surface area contributed by atoms with Crippen molar-refractivity contribution in [2.75, 3.05) is 14.2 Å². The normalized spacial score (nSPS) is 12.0. The van der Waals surface area contributed by atoms with Crippen LogP contribution in [0.2, 0.25) is 0 Å². The molecule has 2 heterocycles. The zero-order chi connectivity index (χ0) is 14.5. The van der Waals surface area contributed by atoms with Crippen molar-refractivity contribution in [1.29, 1.82) is 0 Å². The molecule has 2 rings (SSSR count). The van der Waals surface area contributed by atoms with Crippen LogP contribution in [0.4, 0.5) is 0 Å². The lowest BCUT2D eigenvalue weighted by Crippen LogP contribution is -2.30. The summed E-state index contributed by atoms with van der Waals surface area (Å²) in [4.78, 5) is 12.8. The maximum atomic E-state index is 5.61. The summed E-state index contributed by atoms with van der Waals surface area (Å²) in [6.07, 6.45) is 3.18. The fourth-order valence-corrected chi connectivity index (χ4v) is 1.91. The second kappa shape index (κ2) is 6.60. The zero-order valence-electron chi connectivity index (χ0n) is 11.0. The third-order valence-electron chi connectivity index (χ3n) is 2.63. The van der Waals surface area contributed by atoms with Crippen LogP contribution in [0.3, 0.4) is 0 Å². The number of pyridine rings is 1. The summed E-state index contributed by atoms with van der Waals surface area (Å²) in [7, 11) is 3.02. The van der Waals surface area contributed by atoms with Gasteiger partial charge in [0, 0.05) is 10.7 Å². The van der Waals surface area contributed by atoms with Gasteiger partial charge in [-0.2, -0.15) is 4.98 Å². The Balaban J connectivity index is 2.43. The largest absolute Gasteiger partial charge is 0.480 e. The van der Waals surface area contributed by atoms with E-state index < -0.39 is 6.04 Å². The Morgan fingerprint density at radius 3 is 2.55 bits per heavy atom. The fraction of sp³-hybridized carbons (Fsp3) is 0.250. The summed E-state index contributed by atoms with van der Waals surface area (Å²) in [6, 6.07) is 3.27. The predicted octanol–water partition coefficient (Wildman–Crippen LogP) is 1.20. The molecule has 0 aliphatic carbocycles. The summed E-state index contributed by atoms with van der Waals surface area (Å²) < 4.78 is 11.1. The molecule has 0 amide bonds. The molecule has 8 heteroatoms. The van der Waals surface area contributed by atoms with Gasteiger partial charge in [-0.1, -0.05) is 0 Å². The van der Waals surface area contributed by atoms with Gasteiger partial charge in [-0.25, -0.2) is 10.4 Å². The highest BCUT2D eigenvalue weighted by molar-refractivity contribution is 9.10. The minimum atomic E-state index is -0.434. The molecule has 0 aromatic carbocycles. The quantitative estimate of drug-likeness (QED) is 0.624. The summed E-state index contributed by atoms with van der Waals surface area (Å²) in [5, 5.41) is 0. The molecule has 1 atom stereocenters. The van der Waals surface area contributed by atoms with E-state index in [0.717, 1.165) is 4.47 Å². The number of halogens is 1. The number of hydrazine groups is 1. The second-order valence-corrected chi connectivity index (χ2v) is 4.72. The number of methoxy groups -OCH3 is 2. The number of nitrogens with two attached hydrogens (primary N) is 1. The average Bonchev–Trinajstić information content (AvgIpc) is 2.50. The smallest absolute Gasteiger partial charge is 0.240 e. The average molecular weight is 340 g/mol. The van der Waals surface area contributed by atoms with E-state index in [1.54, 1.807) is 6.20 Å². The highest BCUT2D eigenvalue weighted by Crippen LogP contribution is 2.27. The van der Waals surface area contributed by atoms with Gasteiger partial charge in [0.05, 0.1) is 26.1 Å². The van der Waals surface area contributed by atoms with Gasteiger partial charge in [-0.05, 0) is 28.1 Å². The Morgan fingerprint density at radius 1 is 1.20 bits per heavy atom. The third kappa shape index (κ3) is 3.03. The van der Waals surface area contributed by atoms with Crippen molar-refractivity contribution in [3.63, 3.8) is 0 Å². The van der Waals surface area contributed by atoms with Gasteiger partial charge in [0.25, 0.3) is 0 Å². The topological polar surface area (TPSA) is 95.2 Å². The lowest BCUT2D eigenvalue weighted by atomic mass is 10.1. The van der Waals surface area contributed by atoms with Crippen LogP contribution < -0.4 is 20.7 Å². The summed E-state index contributed by atoms with van der Waals surface area (Å²) in [5.41, 5.74) is 3.90. The lowest BCUT2D eigenvalue weighted by molar-refractivity contribution is 0.352. The third-order valence-corrected chi connectivity index (χ3v) is 3.10. The van der Waals surface area contributed by atoms with Crippen LogP contribution in [0.15, 0.2) is 29.0 Å². The molecule has 0 spiro atoms. The van der Waals surface area contributed by atoms with Crippen molar-refractivity contribution < 1.29 is 9.47 Å². The Morgan fingerprint density at radius 2 is 2.00 bits per heavy atom. The molecule has 1 unspecified atom stereocenters. The monoisotopic (exact) mass is 339 g/mol. The first kappa shape index (κ1) is 14.6. The molecule has 0 aliphatic heterocycles. The minimum absolute atomic E-state index is 0.331. The van der Waals surface area contributed by atoms with Crippen molar-refractivity contribution >= 4 is 15.9 Å². The molecule has 0 bridgehead atoms. The van der Waals surface area contributed by atoms with E-state index in [9.17, 15) is 0 Å². The maximum absolute atomic E-state index is 5.61. The fourth-order valence-electron chi connectivity index (χ4n) is 1.68. The van der Waals surface area contributed by atoms with E-state index in [4.69, 9.17) is 15.3 Å². The summed E-state index contributed by atoms with van der Waals surface area (Å²) in [5.74, 6) is 6.31. The van der Waals surface area contributed by atoms with E-state index in [1.807, 2.05) is 12.1 Å². The number of hydrogen-bond acceptors (Lipinski definition) is 7. The molecule has 0 radical (unpaired) electrons. The minimum Gasteiger partial charge on any atom is -0.480 e. The van der Waals surface area contributed by atoms with Crippen molar-refractivity contribution in [3.8, 4) is 11.8 Å². The van der Waals surface area contributed by atoms with Crippen LogP contribution in [0, 0.1) is 0 Å². The van der Waals surface area contributed by atoms with Gasteiger partial charge in [-0.3, -0.25) is 10.8 Å². The summed E-state index contributed by atoms with van der Waals surface area (Å²) >= 11 is 3.34. The molecular formula is C12H14BrN5O2. The molecule has 106 valence electrons. The molecular weight excluding hydrogens is 326 g/mol. The first-order valence-corrected chi connectivity index (χ1v) is 6.51. The standard InChI is InChI=1S/C12H14BrN5O2/c1-19-9-6-16-11(12(17-9)20-2)10(18-14)8-4-3-7(13)5-15-8/h3-6,10,18H,14H2,1-2H3. The van der Waals surface area contributed by atoms with Crippen molar-refractivity contribution in [3.05, 3.63) is 40.4 Å². The van der Waals surface area contributed by atoms with E-state index in [2.05, 4.69) is 36.3 Å². The molecule has 0 fully saturated rings. The van der Waals surface area contributed by atoms with Gasteiger partial charge in [0.2, 0.25) is 11.8 Å². The highest BCUT2D eigenvalue weighted by Gasteiger charge is 2.21. The first-order chi connectivity index (χ1) is 9.69. The summed E-state index contributed by atoms with van der Waals surface area (Å²) in [6.45, 7) is 0. The van der Waals surface area contributed by atoms with Gasteiger partial charge >= 0.3 is 0 Å². The molecule has 2 aromatic heterocycles. The van der Waals surface area contributed by atoms with Crippen LogP contribution in [0.5, 0.6) is 11.8 Å². The van der Waals surface area contributed by atoms with E-state index >= 15 is 0 Å². The van der Waals surface area contributed by atoms with Gasteiger partial charge < -0.3 is 9.47 Å². The second-order valence-electron chi connectivity index (χ2n) is 3.81. The van der Waals surface area contributed by atoms with Crippen LogP contribution in [0.1, 0.15) is 17.4 Å². The Kier molecular flexibility index (Phi) is 4.83. The van der Waals surface area contributed by atoms with Crippen molar-refractivity contribution in [2.24, 2.45) is 5.84 Å². The number of ether oxygens (including phenoxy) is 2. The highest BCUT2D eigenvalue weighted by atomic mass is 79.9. The zero-order valence-corrected chi connectivity index (χ0v) is 12.6. The van der Waals surface area contributed by atoms with Gasteiger partial charge in [0.15, 0.2) is 0 Å². The molecule has 2 aromatic rings. The number of hydrogen-bond donors (Lipinski definition) is 2. The van der Waals surface area contributed by atoms with Crippen LogP contribution in [0.25, 0.3) is 0 Å². The van der Waals surface area contributed by atoms with Crippen molar-refractivity contribution in [1.82, 2.24) is 20.4 Å². The number of aromatic nitrogens is 3. The van der Waals surface area contributed by atoms with E-state index in [1.165, 1.54) is 20.4 Å². The van der Waals surface area contributed by atoms with Crippen LogP contribution >= 0.6 is 15.9 Å². The number of nitrogens with one attached hydrogen (secondary N) is 1. The Bertz CT molecular complexity index is 579. The van der Waals surface area contributed by atoms with Gasteiger partial charge in [0.1, 0.15) is 11.7 Å².